The minimum absolute atomic E-state index is 0.0618. The van der Waals surface area contributed by atoms with E-state index in [1.807, 2.05) is 0 Å². The van der Waals surface area contributed by atoms with Crippen molar-refractivity contribution < 1.29 is 32.2 Å². The molecule has 0 aliphatic heterocycles. The fraction of sp³-hybridized carbons (Fsp3) is 0.267. The summed E-state index contributed by atoms with van der Waals surface area (Å²) in [7, 11) is -4.32. The molecular weight excluding hydrogens is 377 g/mol. The summed E-state index contributed by atoms with van der Waals surface area (Å²) in [4.78, 5) is 10.7. The van der Waals surface area contributed by atoms with Crippen molar-refractivity contribution >= 4 is 27.6 Å². The number of hydrogen-bond acceptors (Lipinski definition) is 5. The highest BCUT2D eigenvalue weighted by atomic mass is 35.5. The molecule has 0 bridgehead atoms. The zero-order valence-electron chi connectivity index (χ0n) is 13.2. The van der Waals surface area contributed by atoms with Gasteiger partial charge in [-0.25, -0.2) is 22.3 Å². The number of sulfonamides is 1. The number of aryl methyl sites for hydroxylation is 2. The van der Waals surface area contributed by atoms with E-state index >= 15 is 0 Å². The van der Waals surface area contributed by atoms with Crippen LogP contribution in [-0.4, -0.2) is 31.1 Å². The fourth-order valence-corrected chi connectivity index (χ4v) is 4.16. The molecular formula is C15H15ClFNO6S. The molecule has 0 saturated heterocycles. The lowest BCUT2D eigenvalue weighted by molar-refractivity contribution is 0.0691. The number of aliphatic hydroxyl groups excluding tert-OH is 1. The minimum atomic E-state index is -4.32. The fourth-order valence-electron chi connectivity index (χ4n) is 2.43. The standard InChI is InChI=1S/C15H15ClFNO6S/c1-7-12(15(20)21)14(8(2)24-7)25(22,23)18-6-11(19)13-9(16)4-3-5-10(13)17/h3-5,11,18-19H,6H2,1-2H3,(H,20,21). The van der Waals surface area contributed by atoms with E-state index in [0.717, 1.165) is 6.07 Å². The molecule has 0 radical (unpaired) electrons. The van der Waals surface area contributed by atoms with Crippen LogP contribution in [0, 0.1) is 19.7 Å². The normalized spacial score (nSPS) is 13.0. The van der Waals surface area contributed by atoms with E-state index in [9.17, 15) is 27.8 Å². The third kappa shape index (κ3) is 3.84. The second kappa shape index (κ2) is 7.12. The van der Waals surface area contributed by atoms with E-state index in [-0.39, 0.29) is 22.1 Å². The molecule has 0 aliphatic carbocycles. The largest absolute Gasteiger partial charge is 0.478 e. The first-order chi connectivity index (χ1) is 11.6. The Balaban J connectivity index is 2.31. The summed E-state index contributed by atoms with van der Waals surface area (Å²) >= 11 is 5.82. The summed E-state index contributed by atoms with van der Waals surface area (Å²) in [6, 6.07) is 3.77. The Morgan fingerprint density at radius 2 is 2.00 bits per heavy atom. The molecule has 0 fully saturated rings. The lowest BCUT2D eigenvalue weighted by Crippen LogP contribution is -2.30. The Morgan fingerprint density at radius 3 is 2.56 bits per heavy atom. The third-order valence-corrected chi connectivity index (χ3v) is 5.39. The van der Waals surface area contributed by atoms with Gasteiger partial charge in [-0.3, -0.25) is 0 Å². The lowest BCUT2D eigenvalue weighted by Gasteiger charge is -2.15. The smallest absolute Gasteiger partial charge is 0.340 e. The lowest BCUT2D eigenvalue weighted by atomic mass is 10.1. The second-order valence-corrected chi connectivity index (χ2v) is 7.34. The number of benzene rings is 1. The van der Waals surface area contributed by atoms with Gasteiger partial charge in [0, 0.05) is 17.1 Å². The van der Waals surface area contributed by atoms with Crippen LogP contribution in [0.25, 0.3) is 0 Å². The minimum Gasteiger partial charge on any atom is -0.478 e. The van der Waals surface area contributed by atoms with Crippen molar-refractivity contribution in [1.82, 2.24) is 4.72 Å². The Hall–Kier alpha value is -1.94. The Morgan fingerprint density at radius 1 is 1.36 bits per heavy atom. The van der Waals surface area contributed by atoms with Crippen molar-refractivity contribution in [2.24, 2.45) is 0 Å². The number of furan rings is 1. The molecule has 2 rings (SSSR count). The van der Waals surface area contributed by atoms with E-state index < -0.39 is 44.9 Å². The van der Waals surface area contributed by atoms with Gasteiger partial charge in [-0.05, 0) is 26.0 Å². The average molecular weight is 392 g/mol. The number of halogens is 2. The molecule has 10 heteroatoms. The van der Waals surface area contributed by atoms with Crippen molar-refractivity contribution in [3.05, 3.63) is 51.7 Å². The molecule has 7 nitrogen and oxygen atoms in total. The van der Waals surface area contributed by atoms with Gasteiger partial charge in [0.15, 0.2) is 0 Å². The van der Waals surface area contributed by atoms with Crippen molar-refractivity contribution in [3.8, 4) is 0 Å². The molecule has 1 aromatic heterocycles. The van der Waals surface area contributed by atoms with Gasteiger partial charge in [-0.15, -0.1) is 0 Å². The number of aromatic carboxylic acids is 1. The average Bonchev–Trinajstić information content (AvgIpc) is 2.80. The second-order valence-electron chi connectivity index (χ2n) is 5.23. The predicted molar refractivity (Wildman–Crippen MR) is 86.7 cm³/mol. The maximum Gasteiger partial charge on any atom is 0.340 e. The quantitative estimate of drug-likeness (QED) is 0.696. The van der Waals surface area contributed by atoms with Gasteiger partial charge in [0.2, 0.25) is 10.0 Å². The van der Waals surface area contributed by atoms with Gasteiger partial charge in [0.25, 0.3) is 0 Å². The van der Waals surface area contributed by atoms with Crippen LogP contribution in [0.2, 0.25) is 5.02 Å². The number of carboxylic acid groups (broad SMARTS) is 1. The van der Waals surface area contributed by atoms with Gasteiger partial charge in [0.05, 0.1) is 6.10 Å². The molecule has 0 spiro atoms. The summed E-state index contributed by atoms with van der Waals surface area (Å²) in [5.41, 5.74) is -0.756. The highest BCUT2D eigenvalue weighted by Gasteiger charge is 2.31. The zero-order valence-corrected chi connectivity index (χ0v) is 14.8. The first-order valence-corrected chi connectivity index (χ1v) is 8.87. The van der Waals surface area contributed by atoms with Crippen LogP contribution in [0.4, 0.5) is 4.39 Å². The van der Waals surface area contributed by atoms with Crippen LogP contribution >= 0.6 is 11.6 Å². The summed E-state index contributed by atoms with van der Waals surface area (Å²) in [5, 5.41) is 19.2. The SMILES string of the molecule is Cc1oc(C)c(S(=O)(=O)NCC(O)c2c(F)cccc2Cl)c1C(=O)O. The van der Waals surface area contributed by atoms with Crippen LogP contribution in [0.1, 0.15) is 33.5 Å². The van der Waals surface area contributed by atoms with Gasteiger partial charge in [0.1, 0.15) is 27.8 Å². The maximum absolute atomic E-state index is 13.8. The van der Waals surface area contributed by atoms with Crippen LogP contribution in [0.15, 0.2) is 27.5 Å². The Bertz CT molecular complexity index is 904. The van der Waals surface area contributed by atoms with Crippen molar-refractivity contribution in [1.29, 1.82) is 0 Å². The number of carbonyl (C=O) groups is 1. The summed E-state index contributed by atoms with van der Waals surface area (Å²) < 4.78 is 45.7. The monoisotopic (exact) mass is 391 g/mol. The highest BCUT2D eigenvalue weighted by molar-refractivity contribution is 7.89. The summed E-state index contributed by atoms with van der Waals surface area (Å²) in [6.07, 6.45) is -1.56. The third-order valence-electron chi connectivity index (χ3n) is 3.49. The molecule has 1 atom stereocenters. The molecule has 0 aliphatic rings. The summed E-state index contributed by atoms with van der Waals surface area (Å²) in [6.45, 7) is 2.02. The van der Waals surface area contributed by atoms with Crippen molar-refractivity contribution in [2.75, 3.05) is 6.54 Å². The van der Waals surface area contributed by atoms with E-state index in [0.29, 0.717) is 0 Å². The molecule has 3 N–H and O–H groups in total. The van der Waals surface area contributed by atoms with Gasteiger partial charge < -0.3 is 14.6 Å². The van der Waals surface area contributed by atoms with Crippen LogP contribution < -0.4 is 4.72 Å². The number of nitrogens with one attached hydrogen (secondary N) is 1. The molecule has 1 heterocycles. The maximum atomic E-state index is 13.8. The number of hydrogen-bond donors (Lipinski definition) is 3. The van der Waals surface area contributed by atoms with E-state index in [2.05, 4.69) is 4.72 Å². The van der Waals surface area contributed by atoms with Crippen molar-refractivity contribution in [3.63, 3.8) is 0 Å². The number of aliphatic hydroxyl groups is 1. The van der Waals surface area contributed by atoms with E-state index in [4.69, 9.17) is 16.0 Å². The molecule has 136 valence electrons. The topological polar surface area (TPSA) is 117 Å². The first-order valence-electron chi connectivity index (χ1n) is 7.01. The highest BCUT2D eigenvalue weighted by Crippen LogP contribution is 2.28. The zero-order chi connectivity index (χ0) is 18.9. The molecule has 0 saturated carbocycles. The van der Waals surface area contributed by atoms with Crippen molar-refractivity contribution in [2.45, 2.75) is 24.8 Å². The van der Waals surface area contributed by atoms with E-state index in [1.165, 1.54) is 26.0 Å². The Kier molecular flexibility index (Phi) is 5.52. The van der Waals surface area contributed by atoms with Gasteiger partial charge in [-0.2, -0.15) is 0 Å². The Labute approximate surface area is 148 Å². The molecule has 0 amide bonds. The van der Waals surface area contributed by atoms with Crippen LogP contribution in [0.5, 0.6) is 0 Å². The molecule has 1 unspecified atom stereocenters. The van der Waals surface area contributed by atoms with Crippen LogP contribution in [0.3, 0.4) is 0 Å². The van der Waals surface area contributed by atoms with Gasteiger partial charge in [-0.1, -0.05) is 17.7 Å². The molecule has 25 heavy (non-hydrogen) atoms. The molecule has 1 aromatic carbocycles. The first kappa shape index (κ1) is 19.4. The number of rotatable bonds is 6. The van der Waals surface area contributed by atoms with Gasteiger partial charge >= 0.3 is 5.97 Å². The number of carboxylic acids is 1. The van der Waals surface area contributed by atoms with E-state index in [1.54, 1.807) is 0 Å². The predicted octanol–water partition coefficient (Wildman–Crippen LogP) is 2.40. The summed E-state index contributed by atoms with van der Waals surface area (Å²) in [5.74, 6) is -2.43. The van der Waals surface area contributed by atoms with Crippen LogP contribution in [-0.2, 0) is 10.0 Å². The molecule has 2 aromatic rings.